The third kappa shape index (κ3) is 4.06. The van der Waals surface area contributed by atoms with Crippen LogP contribution in [0.1, 0.15) is 61.6 Å². The first kappa shape index (κ1) is 20.7. The number of aliphatic hydroxyl groups is 1. The second-order valence-corrected chi connectivity index (χ2v) is 8.49. The van der Waals surface area contributed by atoms with Gasteiger partial charge in [0.25, 0.3) is 5.56 Å². The summed E-state index contributed by atoms with van der Waals surface area (Å²) >= 11 is 0. The zero-order valence-corrected chi connectivity index (χ0v) is 17.3. The molecule has 0 radical (unpaired) electrons. The maximum absolute atomic E-state index is 12.9. The number of carbonyl (C=O) groups is 1. The Morgan fingerprint density at radius 2 is 2.07 bits per heavy atom. The summed E-state index contributed by atoms with van der Waals surface area (Å²) in [6.07, 6.45) is 3.46. The van der Waals surface area contributed by atoms with Crippen molar-refractivity contribution in [1.29, 1.82) is 5.26 Å². The predicted molar refractivity (Wildman–Crippen MR) is 108 cm³/mol. The molecular weight excluding hydrogens is 370 g/mol. The van der Waals surface area contributed by atoms with E-state index in [1.54, 1.807) is 40.9 Å². The van der Waals surface area contributed by atoms with E-state index in [2.05, 4.69) is 16.8 Å². The minimum Gasteiger partial charge on any atom is -0.455 e. The van der Waals surface area contributed by atoms with E-state index >= 15 is 0 Å². The van der Waals surface area contributed by atoms with Crippen LogP contribution < -0.4 is 5.56 Å². The Morgan fingerprint density at radius 1 is 1.41 bits per heavy atom. The van der Waals surface area contributed by atoms with Crippen LogP contribution in [0.5, 0.6) is 0 Å². The summed E-state index contributed by atoms with van der Waals surface area (Å²) in [5.74, 6) is 5.39. The van der Waals surface area contributed by atoms with Gasteiger partial charge in [-0.05, 0) is 46.5 Å². The number of aromatic amines is 1. The lowest BCUT2D eigenvalue weighted by molar-refractivity contribution is 0.00129. The number of nitriles is 1. The molecule has 29 heavy (non-hydrogen) atoms. The molecule has 0 bridgehead atoms. The highest BCUT2D eigenvalue weighted by atomic mass is 16.6. The molecule has 152 valence electrons. The molecule has 7 nitrogen and oxygen atoms in total. The molecule has 0 amide bonds. The molecule has 0 saturated heterocycles. The summed E-state index contributed by atoms with van der Waals surface area (Å²) in [5.41, 5.74) is -0.967. The van der Waals surface area contributed by atoms with Gasteiger partial charge in [-0.1, -0.05) is 11.8 Å². The number of carbonyl (C=O) groups excluding carboxylic acids is 1. The number of fused-ring (bicyclic) bond motifs is 1. The van der Waals surface area contributed by atoms with Gasteiger partial charge in [-0.25, -0.2) is 4.79 Å². The number of H-pyrrole nitrogens is 1. The van der Waals surface area contributed by atoms with E-state index in [0.717, 1.165) is 12.8 Å². The maximum Gasteiger partial charge on any atom is 0.341 e. The highest BCUT2D eigenvalue weighted by molar-refractivity contribution is 6.07. The van der Waals surface area contributed by atoms with Crippen molar-refractivity contribution in [3.05, 3.63) is 33.4 Å². The van der Waals surface area contributed by atoms with Crippen molar-refractivity contribution in [2.24, 2.45) is 13.0 Å². The monoisotopic (exact) mass is 395 g/mol. The molecule has 1 aliphatic rings. The first-order chi connectivity index (χ1) is 13.5. The Balaban J connectivity index is 2.17. The topological polar surface area (TPSA) is 108 Å². The largest absolute Gasteiger partial charge is 0.455 e. The standard InChI is InChI=1S/C22H25N3O4/c1-13-16(20(27)29-21(2,3)10-11-23)17-14(8-9-22(4,28)15-6-7-15)12-25(5)19(26)18(17)24-13/h12,15,24,28H,6-7,10H2,1-5H3. The van der Waals surface area contributed by atoms with Crippen molar-refractivity contribution in [1.82, 2.24) is 9.55 Å². The van der Waals surface area contributed by atoms with Crippen LogP contribution in [-0.2, 0) is 11.8 Å². The van der Waals surface area contributed by atoms with Crippen molar-refractivity contribution in [2.75, 3.05) is 0 Å². The van der Waals surface area contributed by atoms with Gasteiger partial charge in [-0.15, -0.1) is 0 Å². The SMILES string of the molecule is Cc1[nH]c2c(=O)n(C)cc(C#CC(C)(O)C3CC3)c2c1C(=O)OC(C)(C)CC#N. The number of ether oxygens (including phenoxy) is 1. The maximum atomic E-state index is 12.9. The molecule has 1 unspecified atom stereocenters. The van der Waals surface area contributed by atoms with E-state index in [-0.39, 0.29) is 29.0 Å². The van der Waals surface area contributed by atoms with Crippen molar-refractivity contribution < 1.29 is 14.6 Å². The van der Waals surface area contributed by atoms with E-state index in [1.165, 1.54) is 4.57 Å². The summed E-state index contributed by atoms with van der Waals surface area (Å²) in [7, 11) is 1.61. The Kier molecular flexibility index (Phi) is 5.06. The smallest absolute Gasteiger partial charge is 0.341 e. The van der Waals surface area contributed by atoms with E-state index < -0.39 is 17.2 Å². The van der Waals surface area contributed by atoms with Gasteiger partial charge >= 0.3 is 5.97 Å². The number of aryl methyl sites for hydroxylation is 2. The summed E-state index contributed by atoms with van der Waals surface area (Å²) in [4.78, 5) is 28.5. The fourth-order valence-corrected chi connectivity index (χ4v) is 3.37. The van der Waals surface area contributed by atoms with Crippen LogP contribution in [-0.4, -0.2) is 31.8 Å². The third-order valence-corrected chi connectivity index (χ3v) is 5.21. The Labute approximate surface area is 169 Å². The summed E-state index contributed by atoms with van der Waals surface area (Å²) in [6, 6.07) is 2.00. The second-order valence-electron chi connectivity index (χ2n) is 8.49. The quantitative estimate of drug-likeness (QED) is 0.611. The van der Waals surface area contributed by atoms with Crippen LogP contribution in [0.4, 0.5) is 0 Å². The third-order valence-electron chi connectivity index (χ3n) is 5.21. The van der Waals surface area contributed by atoms with Gasteiger partial charge in [-0.2, -0.15) is 5.26 Å². The molecule has 0 spiro atoms. The number of nitrogens with one attached hydrogen (secondary N) is 1. The summed E-state index contributed by atoms with van der Waals surface area (Å²) < 4.78 is 6.93. The minimum atomic E-state index is -1.12. The predicted octanol–water partition coefficient (Wildman–Crippen LogP) is 2.54. The van der Waals surface area contributed by atoms with Crippen molar-refractivity contribution >= 4 is 16.9 Å². The molecule has 0 aliphatic heterocycles. The summed E-state index contributed by atoms with van der Waals surface area (Å²) in [6.45, 7) is 6.68. The van der Waals surface area contributed by atoms with Gasteiger partial charge in [0.2, 0.25) is 0 Å². The lowest BCUT2D eigenvalue weighted by Gasteiger charge is -2.22. The van der Waals surface area contributed by atoms with Crippen molar-refractivity contribution in [3.63, 3.8) is 0 Å². The van der Waals surface area contributed by atoms with Crippen molar-refractivity contribution in [2.45, 2.75) is 58.2 Å². The Hall–Kier alpha value is -3.03. The number of esters is 1. The van der Waals surface area contributed by atoms with Crippen LogP contribution in [0, 0.1) is 36.0 Å². The number of nitrogens with zero attached hydrogens (tertiary/aromatic N) is 2. The number of rotatable bonds is 4. The highest BCUT2D eigenvalue weighted by Gasteiger charge is 2.38. The normalized spacial score (nSPS) is 15.9. The van der Waals surface area contributed by atoms with E-state index in [1.807, 2.05) is 6.07 Å². The number of hydrogen-bond donors (Lipinski definition) is 2. The number of pyridine rings is 1. The minimum absolute atomic E-state index is 0.0405. The molecule has 2 N–H and O–H groups in total. The second kappa shape index (κ2) is 7.09. The zero-order valence-electron chi connectivity index (χ0n) is 17.3. The first-order valence-corrected chi connectivity index (χ1v) is 9.54. The number of aromatic nitrogens is 2. The van der Waals surface area contributed by atoms with Crippen LogP contribution in [0.3, 0.4) is 0 Å². The van der Waals surface area contributed by atoms with Gasteiger partial charge in [-0.3, -0.25) is 4.79 Å². The van der Waals surface area contributed by atoms with Crippen LogP contribution >= 0.6 is 0 Å². The molecule has 2 aromatic heterocycles. The first-order valence-electron chi connectivity index (χ1n) is 9.54. The van der Waals surface area contributed by atoms with Gasteiger partial charge in [0.15, 0.2) is 0 Å². The molecular formula is C22H25N3O4. The van der Waals surface area contributed by atoms with Gasteiger partial charge < -0.3 is 19.4 Å². The number of hydrogen-bond acceptors (Lipinski definition) is 5. The molecule has 1 saturated carbocycles. The molecule has 2 aromatic rings. The molecule has 3 rings (SSSR count). The van der Waals surface area contributed by atoms with E-state index in [9.17, 15) is 14.7 Å². The molecule has 1 fully saturated rings. The van der Waals surface area contributed by atoms with E-state index in [0.29, 0.717) is 16.6 Å². The highest BCUT2D eigenvalue weighted by Crippen LogP contribution is 2.39. The van der Waals surface area contributed by atoms with Crippen LogP contribution in [0.25, 0.3) is 10.9 Å². The summed E-state index contributed by atoms with van der Waals surface area (Å²) in [5, 5.41) is 19.9. The lowest BCUT2D eigenvalue weighted by atomic mass is 10.00. The molecule has 2 heterocycles. The van der Waals surface area contributed by atoms with Crippen molar-refractivity contribution in [3.8, 4) is 17.9 Å². The fraction of sp³-hybridized carbons (Fsp3) is 0.500. The van der Waals surface area contributed by atoms with Gasteiger partial charge in [0.1, 0.15) is 16.7 Å². The van der Waals surface area contributed by atoms with Gasteiger partial charge in [0, 0.05) is 24.3 Å². The van der Waals surface area contributed by atoms with E-state index in [4.69, 9.17) is 10.00 Å². The molecule has 7 heteroatoms. The Bertz CT molecular complexity index is 1150. The lowest BCUT2D eigenvalue weighted by Crippen LogP contribution is -2.28. The van der Waals surface area contributed by atoms with Crippen LogP contribution in [0.15, 0.2) is 11.0 Å². The average Bonchev–Trinajstić information content (AvgIpc) is 3.40. The average molecular weight is 395 g/mol. The zero-order chi connectivity index (χ0) is 21.6. The van der Waals surface area contributed by atoms with Gasteiger partial charge in [0.05, 0.1) is 23.6 Å². The molecule has 1 atom stereocenters. The Morgan fingerprint density at radius 3 is 2.66 bits per heavy atom. The molecule has 1 aliphatic carbocycles. The fourth-order valence-electron chi connectivity index (χ4n) is 3.37. The molecule has 0 aromatic carbocycles. The van der Waals surface area contributed by atoms with Crippen LogP contribution in [0.2, 0.25) is 0 Å².